The fourth-order valence-electron chi connectivity index (χ4n) is 1.73. The molecule has 1 unspecified atom stereocenters. The topological polar surface area (TPSA) is 38.3 Å². The van der Waals surface area contributed by atoms with Gasteiger partial charge in [0.2, 0.25) is 0 Å². The average molecular weight is 403 g/mol. The molecule has 0 saturated carbocycles. The number of benzene rings is 2. The third-order valence-corrected chi connectivity index (χ3v) is 4.39. The van der Waals surface area contributed by atoms with Gasteiger partial charge in [0.25, 0.3) is 5.91 Å². The standard InChI is InChI=1S/C16H14BrCl2NO2/c1-9-3-5-12(8-13(9)17)20-16(21)10(2)22-15-6-4-11(18)7-14(15)19/h3-8,10H,1-2H3,(H,20,21). The van der Waals surface area contributed by atoms with Gasteiger partial charge in [-0.3, -0.25) is 4.79 Å². The molecule has 0 fully saturated rings. The maximum Gasteiger partial charge on any atom is 0.265 e. The van der Waals surface area contributed by atoms with Crippen LogP contribution in [0.15, 0.2) is 40.9 Å². The molecular formula is C16H14BrCl2NO2. The normalized spacial score (nSPS) is 11.9. The lowest BCUT2D eigenvalue weighted by atomic mass is 10.2. The van der Waals surface area contributed by atoms with Gasteiger partial charge in [-0.2, -0.15) is 0 Å². The SMILES string of the molecule is Cc1ccc(NC(=O)C(C)Oc2ccc(Cl)cc2Cl)cc1Br. The number of nitrogens with one attached hydrogen (secondary N) is 1. The zero-order valence-electron chi connectivity index (χ0n) is 12.0. The second kappa shape index (κ2) is 7.36. The number of ether oxygens (including phenoxy) is 1. The van der Waals surface area contributed by atoms with Crippen LogP contribution in [-0.4, -0.2) is 12.0 Å². The van der Waals surface area contributed by atoms with Gasteiger partial charge in [-0.25, -0.2) is 0 Å². The Morgan fingerprint density at radius 2 is 1.95 bits per heavy atom. The molecule has 2 rings (SSSR count). The van der Waals surface area contributed by atoms with Gasteiger partial charge in [0.1, 0.15) is 5.75 Å². The van der Waals surface area contributed by atoms with Crippen molar-refractivity contribution in [3.05, 3.63) is 56.5 Å². The Kier molecular flexibility index (Phi) is 5.73. The number of aryl methyl sites for hydroxylation is 1. The molecule has 3 nitrogen and oxygen atoms in total. The molecule has 22 heavy (non-hydrogen) atoms. The molecule has 2 aromatic carbocycles. The van der Waals surface area contributed by atoms with Gasteiger partial charge in [0.15, 0.2) is 6.10 Å². The van der Waals surface area contributed by atoms with E-state index < -0.39 is 6.10 Å². The number of halogens is 3. The fourth-order valence-corrected chi connectivity index (χ4v) is 2.56. The summed E-state index contributed by atoms with van der Waals surface area (Å²) < 4.78 is 6.50. The van der Waals surface area contributed by atoms with Crippen molar-refractivity contribution in [1.82, 2.24) is 0 Å². The molecule has 0 saturated heterocycles. The zero-order valence-corrected chi connectivity index (χ0v) is 15.1. The van der Waals surface area contributed by atoms with Crippen LogP contribution in [0.3, 0.4) is 0 Å². The molecule has 0 bridgehead atoms. The first-order valence-electron chi connectivity index (χ1n) is 6.55. The first-order chi connectivity index (χ1) is 10.4. The van der Waals surface area contributed by atoms with Crippen LogP contribution in [0.2, 0.25) is 10.0 Å². The Morgan fingerprint density at radius 3 is 2.59 bits per heavy atom. The van der Waals surface area contributed by atoms with Gasteiger partial charge < -0.3 is 10.1 Å². The minimum Gasteiger partial charge on any atom is -0.479 e. The van der Waals surface area contributed by atoms with Crippen molar-refractivity contribution in [3.8, 4) is 5.75 Å². The van der Waals surface area contributed by atoms with Gasteiger partial charge in [-0.05, 0) is 49.7 Å². The van der Waals surface area contributed by atoms with Crippen molar-refractivity contribution in [2.75, 3.05) is 5.32 Å². The van der Waals surface area contributed by atoms with E-state index in [0.717, 1.165) is 10.0 Å². The van der Waals surface area contributed by atoms with Crippen LogP contribution in [0.5, 0.6) is 5.75 Å². The summed E-state index contributed by atoms with van der Waals surface area (Å²) >= 11 is 15.3. The third-order valence-electron chi connectivity index (χ3n) is 3.01. The zero-order chi connectivity index (χ0) is 16.3. The van der Waals surface area contributed by atoms with E-state index in [0.29, 0.717) is 21.5 Å². The molecule has 1 N–H and O–H groups in total. The lowest BCUT2D eigenvalue weighted by Crippen LogP contribution is -2.30. The second-order valence-corrected chi connectivity index (χ2v) is 6.49. The van der Waals surface area contributed by atoms with Crippen molar-refractivity contribution in [2.24, 2.45) is 0 Å². The predicted octanol–water partition coefficient (Wildman–Crippen LogP) is 5.47. The molecule has 1 atom stereocenters. The largest absolute Gasteiger partial charge is 0.479 e. The molecule has 116 valence electrons. The molecule has 0 aliphatic rings. The third kappa shape index (κ3) is 4.38. The molecule has 0 aromatic heterocycles. The van der Waals surface area contributed by atoms with Crippen molar-refractivity contribution in [2.45, 2.75) is 20.0 Å². The molecule has 6 heteroatoms. The van der Waals surface area contributed by atoms with E-state index in [1.54, 1.807) is 25.1 Å². The first kappa shape index (κ1) is 17.1. The Balaban J connectivity index is 2.04. The van der Waals surface area contributed by atoms with Crippen LogP contribution in [-0.2, 0) is 4.79 Å². The lowest BCUT2D eigenvalue weighted by Gasteiger charge is -2.16. The van der Waals surface area contributed by atoms with Crippen molar-refractivity contribution in [3.63, 3.8) is 0 Å². The van der Waals surface area contributed by atoms with Gasteiger partial charge in [0.05, 0.1) is 5.02 Å². The van der Waals surface area contributed by atoms with Crippen molar-refractivity contribution in [1.29, 1.82) is 0 Å². The van der Waals surface area contributed by atoms with Crippen LogP contribution in [0.1, 0.15) is 12.5 Å². The maximum absolute atomic E-state index is 12.2. The molecule has 0 spiro atoms. The van der Waals surface area contributed by atoms with Gasteiger partial charge in [-0.15, -0.1) is 0 Å². The Bertz CT molecular complexity index is 707. The van der Waals surface area contributed by atoms with E-state index in [1.165, 1.54) is 0 Å². The van der Waals surface area contributed by atoms with Crippen LogP contribution in [0, 0.1) is 6.92 Å². The highest BCUT2D eigenvalue weighted by molar-refractivity contribution is 9.10. The van der Waals surface area contributed by atoms with E-state index in [9.17, 15) is 4.79 Å². The summed E-state index contributed by atoms with van der Waals surface area (Å²) in [5.41, 5.74) is 1.79. The van der Waals surface area contributed by atoms with Gasteiger partial charge >= 0.3 is 0 Å². The van der Waals surface area contributed by atoms with E-state index in [1.807, 2.05) is 25.1 Å². The van der Waals surface area contributed by atoms with Crippen LogP contribution >= 0.6 is 39.1 Å². The van der Waals surface area contributed by atoms with Crippen LogP contribution < -0.4 is 10.1 Å². The van der Waals surface area contributed by atoms with E-state index in [-0.39, 0.29) is 5.91 Å². The van der Waals surface area contributed by atoms with Crippen LogP contribution in [0.25, 0.3) is 0 Å². The highest BCUT2D eigenvalue weighted by atomic mass is 79.9. The quantitative estimate of drug-likeness (QED) is 0.736. The molecule has 0 aliphatic carbocycles. The van der Waals surface area contributed by atoms with Crippen molar-refractivity contribution < 1.29 is 9.53 Å². The number of hydrogen-bond donors (Lipinski definition) is 1. The minimum atomic E-state index is -0.696. The molecule has 0 radical (unpaired) electrons. The Hall–Kier alpha value is -1.23. The van der Waals surface area contributed by atoms with Gasteiger partial charge in [0, 0.05) is 15.2 Å². The molecular weight excluding hydrogens is 389 g/mol. The molecule has 1 amide bonds. The number of hydrogen-bond acceptors (Lipinski definition) is 2. The summed E-state index contributed by atoms with van der Waals surface area (Å²) in [5, 5.41) is 3.68. The summed E-state index contributed by atoms with van der Waals surface area (Å²) in [5.74, 6) is 0.153. The summed E-state index contributed by atoms with van der Waals surface area (Å²) in [6.45, 7) is 3.63. The predicted molar refractivity (Wildman–Crippen MR) is 94.1 cm³/mol. The summed E-state index contributed by atoms with van der Waals surface area (Å²) in [6.07, 6.45) is -0.696. The second-order valence-electron chi connectivity index (χ2n) is 4.79. The van der Waals surface area contributed by atoms with Gasteiger partial charge in [-0.1, -0.05) is 45.2 Å². The molecule has 0 aliphatic heterocycles. The minimum absolute atomic E-state index is 0.262. The number of anilines is 1. The molecule has 2 aromatic rings. The number of carbonyl (C=O) groups is 1. The number of carbonyl (C=O) groups excluding carboxylic acids is 1. The van der Waals surface area contributed by atoms with Crippen LogP contribution in [0.4, 0.5) is 5.69 Å². The Labute approximate surface area is 147 Å². The summed E-state index contributed by atoms with van der Waals surface area (Å²) in [6, 6.07) is 10.5. The summed E-state index contributed by atoms with van der Waals surface area (Å²) in [7, 11) is 0. The average Bonchev–Trinajstić information content (AvgIpc) is 2.45. The smallest absolute Gasteiger partial charge is 0.265 e. The summed E-state index contributed by atoms with van der Waals surface area (Å²) in [4.78, 5) is 12.2. The first-order valence-corrected chi connectivity index (χ1v) is 8.10. The Morgan fingerprint density at radius 1 is 1.23 bits per heavy atom. The van der Waals surface area contributed by atoms with Crippen molar-refractivity contribution >= 4 is 50.7 Å². The number of amides is 1. The highest BCUT2D eigenvalue weighted by Crippen LogP contribution is 2.28. The fraction of sp³-hybridized carbons (Fsp3) is 0.188. The molecule has 0 heterocycles. The highest BCUT2D eigenvalue weighted by Gasteiger charge is 2.16. The lowest BCUT2D eigenvalue weighted by molar-refractivity contribution is -0.122. The van der Waals surface area contributed by atoms with E-state index in [4.69, 9.17) is 27.9 Å². The maximum atomic E-state index is 12.2. The van der Waals surface area contributed by atoms with E-state index in [2.05, 4.69) is 21.2 Å². The monoisotopic (exact) mass is 401 g/mol. The van der Waals surface area contributed by atoms with E-state index >= 15 is 0 Å². The number of rotatable bonds is 4.